The fourth-order valence-electron chi connectivity index (χ4n) is 1.63. The van der Waals surface area contributed by atoms with Crippen molar-refractivity contribution < 1.29 is 0 Å². The summed E-state index contributed by atoms with van der Waals surface area (Å²) in [5.74, 6) is 6.27. The van der Waals surface area contributed by atoms with Crippen LogP contribution in [0.3, 0.4) is 0 Å². The van der Waals surface area contributed by atoms with Crippen molar-refractivity contribution in [3.8, 4) is 0 Å². The number of nitrogens with one attached hydrogen (secondary N) is 1. The highest BCUT2D eigenvalue weighted by Gasteiger charge is 2.08. The van der Waals surface area contributed by atoms with E-state index in [0.29, 0.717) is 0 Å². The molecule has 5 N–H and O–H groups in total. The maximum absolute atomic E-state index is 5.76. The summed E-state index contributed by atoms with van der Waals surface area (Å²) in [6.07, 6.45) is -0.350. The lowest BCUT2D eigenvalue weighted by Crippen LogP contribution is -2.34. The second kappa shape index (κ2) is 3.62. The highest BCUT2D eigenvalue weighted by atomic mass is 15.3. The molecule has 1 aromatic heterocycles. The molecule has 2 rings (SSSR count). The lowest BCUT2D eigenvalue weighted by atomic mass is 10.1. The summed E-state index contributed by atoms with van der Waals surface area (Å²) in [7, 11) is 1.99. The average molecular weight is 205 g/mol. The van der Waals surface area contributed by atoms with Crippen molar-refractivity contribution in [2.75, 3.05) is 0 Å². The first-order valence-electron chi connectivity index (χ1n) is 4.78. The van der Waals surface area contributed by atoms with Crippen LogP contribution < -0.4 is 17.0 Å². The predicted octanol–water partition coefficient (Wildman–Crippen LogP) is 0.302. The molecule has 0 fully saturated rings. The fourth-order valence-corrected chi connectivity index (χ4v) is 1.63. The summed E-state index contributed by atoms with van der Waals surface area (Å²) in [6.45, 7) is 1.97. The van der Waals surface area contributed by atoms with Gasteiger partial charge in [0.05, 0.1) is 17.2 Å². The molecule has 0 aliphatic carbocycles. The zero-order valence-corrected chi connectivity index (χ0v) is 8.86. The average Bonchev–Trinajstić information content (AvgIpc) is 2.53. The number of aryl methyl sites for hydroxylation is 2. The van der Waals surface area contributed by atoms with Crippen LogP contribution in [0.2, 0.25) is 0 Å². The predicted molar refractivity (Wildman–Crippen MR) is 59.7 cm³/mol. The Morgan fingerprint density at radius 1 is 1.47 bits per heavy atom. The molecule has 0 saturated carbocycles. The normalized spacial score (nSPS) is 13.3. The molecule has 0 spiro atoms. The number of aromatic nitrogens is 2. The zero-order valence-electron chi connectivity index (χ0n) is 8.86. The van der Waals surface area contributed by atoms with Crippen molar-refractivity contribution >= 4 is 11.0 Å². The molecule has 0 saturated heterocycles. The van der Waals surface area contributed by atoms with E-state index in [-0.39, 0.29) is 6.17 Å². The molecule has 5 nitrogen and oxygen atoms in total. The number of fused-ring (bicyclic) bond motifs is 1. The van der Waals surface area contributed by atoms with Gasteiger partial charge in [0.25, 0.3) is 0 Å². The molecule has 1 heterocycles. The van der Waals surface area contributed by atoms with Gasteiger partial charge in [0.2, 0.25) is 0 Å². The molecule has 1 unspecified atom stereocenters. The number of benzene rings is 1. The molecule has 0 bridgehead atoms. The van der Waals surface area contributed by atoms with Crippen LogP contribution in [0.4, 0.5) is 0 Å². The Bertz CT molecular complexity index is 488. The van der Waals surface area contributed by atoms with E-state index in [1.54, 1.807) is 0 Å². The summed E-state index contributed by atoms with van der Waals surface area (Å²) in [4.78, 5) is 4.43. The Morgan fingerprint density at radius 3 is 2.87 bits per heavy atom. The maximum Gasteiger partial charge on any atom is 0.106 e. The number of nitrogens with two attached hydrogens (primary N) is 2. The minimum Gasteiger partial charge on any atom is -0.331 e. The van der Waals surface area contributed by atoms with Crippen LogP contribution in [0.15, 0.2) is 18.2 Å². The Hall–Kier alpha value is -1.43. The highest BCUT2D eigenvalue weighted by Crippen LogP contribution is 2.18. The van der Waals surface area contributed by atoms with Crippen molar-refractivity contribution in [1.29, 1.82) is 0 Å². The van der Waals surface area contributed by atoms with Gasteiger partial charge in [0.15, 0.2) is 0 Å². The largest absolute Gasteiger partial charge is 0.331 e. The van der Waals surface area contributed by atoms with Gasteiger partial charge in [-0.15, -0.1) is 0 Å². The molecule has 0 radical (unpaired) electrons. The van der Waals surface area contributed by atoms with Gasteiger partial charge in [-0.1, -0.05) is 6.07 Å². The molecule has 0 aliphatic rings. The lowest BCUT2D eigenvalue weighted by molar-refractivity contribution is 0.577. The van der Waals surface area contributed by atoms with Crippen LogP contribution >= 0.6 is 0 Å². The molecule has 1 atom stereocenters. The van der Waals surface area contributed by atoms with Crippen LogP contribution in [0.1, 0.15) is 17.6 Å². The van der Waals surface area contributed by atoms with Crippen molar-refractivity contribution in [3.63, 3.8) is 0 Å². The minimum atomic E-state index is -0.350. The summed E-state index contributed by atoms with van der Waals surface area (Å²) in [6, 6.07) is 5.91. The minimum absolute atomic E-state index is 0.350. The van der Waals surface area contributed by atoms with Gasteiger partial charge < -0.3 is 10.3 Å². The number of nitrogens with zero attached hydrogens (tertiary/aromatic N) is 2. The monoisotopic (exact) mass is 205 g/mol. The van der Waals surface area contributed by atoms with E-state index in [2.05, 4.69) is 10.4 Å². The van der Waals surface area contributed by atoms with Gasteiger partial charge in [0, 0.05) is 7.05 Å². The Morgan fingerprint density at radius 2 is 2.20 bits per heavy atom. The quantitative estimate of drug-likeness (QED) is 0.374. The SMILES string of the molecule is Cc1nc2cc(C(N)NN)ccc2n1C. The van der Waals surface area contributed by atoms with Crippen molar-refractivity contribution in [1.82, 2.24) is 15.0 Å². The lowest BCUT2D eigenvalue weighted by Gasteiger charge is -2.09. The second-order valence-electron chi connectivity index (χ2n) is 3.61. The third-order valence-corrected chi connectivity index (χ3v) is 2.67. The third-order valence-electron chi connectivity index (χ3n) is 2.67. The molecule has 5 heteroatoms. The fraction of sp³-hybridized carbons (Fsp3) is 0.300. The van der Waals surface area contributed by atoms with Gasteiger partial charge in [-0.25, -0.2) is 10.4 Å². The van der Waals surface area contributed by atoms with Crippen LogP contribution in [0.5, 0.6) is 0 Å². The molecular weight excluding hydrogens is 190 g/mol. The summed E-state index contributed by atoms with van der Waals surface area (Å²) in [5.41, 5.74) is 11.2. The first-order chi connectivity index (χ1) is 7.13. The van der Waals surface area contributed by atoms with Gasteiger partial charge in [-0.05, 0) is 24.6 Å². The standard InChI is InChI=1S/C10H15N5/c1-6-13-8-5-7(10(11)14-12)3-4-9(8)15(6)2/h3-5,10,14H,11-12H2,1-2H3. The van der Waals surface area contributed by atoms with Crippen LogP contribution in [0, 0.1) is 6.92 Å². The summed E-state index contributed by atoms with van der Waals surface area (Å²) < 4.78 is 2.04. The number of imidazole rings is 1. The second-order valence-corrected chi connectivity index (χ2v) is 3.61. The van der Waals surface area contributed by atoms with E-state index in [0.717, 1.165) is 22.4 Å². The van der Waals surface area contributed by atoms with Crippen LogP contribution in [-0.4, -0.2) is 9.55 Å². The first kappa shape index (κ1) is 10.1. The third kappa shape index (κ3) is 1.61. The van der Waals surface area contributed by atoms with Crippen molar-refractivity contribution in [2.24, 2.45) is 18.6 Å². The number of rotatable bonds is 2. The molecule has 0 aliphatic heterocycles. The molecule has 80 valence electrons. The van der Waals surface area contributed by atoms with Gasteiger partial charge in [-0.2, -0.15) is 0 Å². The van der Waals surface area contributed by atoms with Gasteiger partial charge >= 0.3 is 0 Å². The molecule has 1 aromatic carbocycles. The van der Waals surface area contributed by atoms with Crippen LogP contribution in [0.25, 0.3) is 11.0 Å². The molecule has 15 heavy (non-hydrogen) atoms. The van der Waals surface area contributed by atoms with Crippen molar-refractivity contribution in [2.45, 2.75) is 13.1 Å². The van der Waals surface area contributed by atoms with E-state index < -0.39 is 0 Å². The Labute approximate surface area is 88.0 Å². The molecular formula is C10H15N5. The van der Waals surface area contributed by atoms with E-state index in [9.17, 15) is 0 Å². The first-order valence-corrected chi connectivity index (χ1v) is 4.78. The summed E-state index contributed by atoms with van der Waals surface area (Å²) in [5, 5.41) is 0. The van der Waals surface area contributed by atoms with Gasteiger partial charge in [0.1, 0.15) is 5.82 Å². The Balaban J connectivity index is 2.57. The van der Waals surface area contributed by atoms with Gasteiger partial charge in [-0.3, -0.25) is 5.84 Å². The number of hydrogen-bond acceptors (Lipinski definition) is 4. The molecule has 0 amide bonds. The van der Waals surface area contributed by atoms with E-state index in [1.165, 1.54) is 0 Å². The smallest absolute Gasteiger partial charge is 0.106 e. The summed E-state index contributed by atoms with van der Waals surface area (Å²) >= 11 is 0. The van der Waals surface area contributed by atoms with Crippen LogP contribution in [-0.2, 0) is 7.05 Å². The van der Waals surface area contributed by atoms with E-state index in [1.807, 2.05) is 36.7 Å². The van der Waals surface area contributed by atoms with Crippen molar-refractivity contribution in [3.05, 3.63) is 29.6 Å². The zero-order chi connectivity index (χ0) is 11.0. The highest BCUT2D eigenvalue weighted by molar-refractivity contribution is 5.76. The van der Waals surface area contributed by atoms with E-state index >= 15 is 0 Å². The maximum atomic E-state index is 5.76. The number of hydrazine groups is 1. The number of hydrogen-bond donors (Lipinski definition) is 3. The molecule has 2 aromatic rings. The Kier molecular flexibility index (Phi) is 2.44. The van der Waals surface area contributed by atoms with E-state index in [4.69, 9.17) is 11.6 Å². The topological polar surface area (TPSA) is 81.9 Å².